The van der Waals surface area contributed by atoms with Gasteiger partial charge in [0.15, 0.2) is 0 Å². The molecule has 6 nitrogen and oxygen atoms in total. The second-order valence-electron chi connectivity index (χ2n) is 7.18. The van der Waals surface area contributed by atoms with E-state index in [1.807, 2.05) is 42.6 Å². The molecule has 7 heteroatoms. The molecule has 0 saturated carbocycles. The smallest absolute Gasteiger partial charge is 0.238 e. The normalized spacial score (nSPS) is 18.8. The lowest BCUT2D eigenvalue weighted by Crippen LogP contribution is -2.35. The maximum atomic E-state index is 12.6. The van der Waals surface area contributed by atoms with Crippen molar-refractivity contribution in [2.45, 2.75) is 12.5 Å². The molecule has 1 amide bonds. The number of fused-ring (bicyclic) bond motifs is 1. The maximum absolute atomic E-state index is 12.6. The summed E-state index contributed by atoms with van der Waals surface area (Å²) in [7, 11) is 0. The van der Waals surface area contributed by atoms with Crippen LogP contribution in [0, 0.1) is 0 Å². The predicted molar refractivity (Wildman–Crippen MR) is 112 cm³/mol. The fourth-order valence-electron chi connectivity index (χ4n) is 3.87. The summed E-state index contributed by atoms with van der Waals surface area (Å²) in [5.74, 6) is 0.345. The molecular weight excluding hydrogens is 390 g/mol. The van der Waals surface area contributed by atoms with Gasteiger partial charge in [-0.3, -0.25) is 14.7 Å². The number of hydrogen-bond donors (Lipinski definition) is 1. The number of rotatable bonds is 4. The Bertz CT molecular complexity index is 983. The summed E-state index contributed by atoms with van der Waals surface area (Å²) in [6.07, 6.45) is 3.53. The summed E-state index contributed by atoms with van der Waals surface area (Å²) >= 11 is 0. The Kier molecular flexibility index (Phi) is 5.67. The molecule has 150 valence electrons. The highest BCUT2D eigenvalue weighted by Gasteiger charge is 2.33. The van der Waals surface area contributed by atoms with Crippen LogP contribution < -0.4 is 5.32 Å². The number of benzene rings is 1. The first-order chi connectivity index (χ1) is 13.8. The van der Waals surface area contributed by atoms with Gasteiger partial charge in [-0.2, -0.15) is 0 Å². The number of aromatic nitrogens is 1. The van der Waals surface area contributed by atoms with Gasteiger partial charge < -0.3 is 14.5 Å². The number of carbonyl (C=O) groups excluding carboxylic acids is 1. The minimum absolute atomic E-state index is 0. The van der Waals surface area contributed by atoms with Gasteiger partial charge in [0.05, 0.1) is 25.2 Å². The average molecular weight is 412 g/mol. The summed E-state index contributed by atoms with van der Waals surface area (Å²) < 4.78 is 10.9. The van der Waals surface area contributed by atoms with E-state index in [-0.39, 0.29) is 18.3 Å². The summed E-state index contributed by atoms with van der Waals surface area (Å²) in [5.41, 5.74) is 4.64. The number of furan rings is 1. The van der Waals surface area contributed by atoms with Crippen LogP contribution in [0.25, 0.3) is 11.3 Å². The summed E-state index contributed by atoms with van der Waals surface area (Å²) in [5, 5.41) is 2.97. The first-order valence-corrected chi connectivity index (χ1v) is 9.51. The second kappa shape index (κ2) is 8.37. The summed E-state index contributed by atoms with van der Waals surface area (Å²) in [6.45, 7) is 4.29. The maximum Gasteiger partial charge on any atom is 0.238 e. The largest absolute Gasteiger partial charge is 0.464 e. The van der Waals surface area contributed by atoms with Gasteiger partial charge >= 0.3 is 0 Å². The van der Waals surface area contributed by atoms with Crippen LogP contribution in [0.15, 0.2) is 59.3 Å². The number of ether oxygens (including phenoxy) is 1. The lowest BCUT2D eigenvalue weighted by Gasteiger charge is -2.26. The molecule has 0 radical (unpaired) electrons. The Morgan fingerprint density at radius 3 is 2.72 bits per heavy atom. The minimum atomic E-state index is -0.401. The van der Waals surface area contributed by atoms with E-state index in [1.165, 1.54) is 0 Å². The number of amides is 1. The van der Waals surface area contributed by atoms with E-state index in [0.717, 1.165) is 66.7 Å². The van der Waals surface area contributed by atoms with Gasteiger partial charge in [-0.1, -0.05) is 6.07 Å². The van der Waals surface area contributed by atoms with Crippen molar-refractivity contribution in [3.8, 4) is 11.3 Å². The highest BCUT2D eigenvalue weighted by Crippen LogP contribution is 2.39. The molecule has 2 aliphatic rings. The van der Waals surface area contributed by atoms with Gasteiger partial charge in [0.2, 0.25) is 5.91 Å². The Balaban J connectivity index is 0.00000205. The molecule has 1 fully saturated rings. The number of nitrogens with one attached hydrogen (secondary N) is 1. The molecule has 1 N–H and O–H groups in total. The molecule has 0 spiro atoms. The monoisotopic (exact) mass is 411 g/mol. The topological polar surface area (TPSA) is 67.6 Å². The van der Waals surface area contributed by atoms with Gasteiger partial charge in [-0.15, -0.1) is 12.4 Å². The zero-order valence-corrected chi connectivity index (χ0v) is 16.7. The van der Waals surface area contributed by atoms with Crippen LogP contribution in [0.5, 0.6) is 0 Å². The van der Waals surface area contributed by atoms with Crippen LogP contribution >= 0.6 is 12.4 Å². The Morgan fingerprint density at radius 1 is 1.14 bits per heavy atom. The molecule has 1 saturated heterocycles. The fraction of sp³-hybridized carbons (Fsp3) is 0.273. The van der Waals surface area contributed by atoms with Crippen molar-refractivity contribution in [2.24, 2.45) is 0 Å². The van der Waals surface area contributed by atoms with Crippen molar-refractivity contribution in [1.29, 1.82) is 0 Å². The molecule has 5 rings (SSSR count). The van der Waals surface area contributed by atoms with Crippen molar-refractivity contribution < 1.29 is 13.9 Å². The Hall–Kier alpha value is -2.67. The first-order valence-electron chi connectivity index (χ1n) is 9.51. The molecule has 3 aromatic rings. The zero-order chi connectivity index (χ0) is 18.9. The number of hydrogen-bond acceptors (Lipinski definition) is 5. The number of anilines is 1. The number of morpholine rings is 1. The SMILES string of the molecule is Cl.O=C1Nc2ccc(-c3ccco3)cc2C1c1ccc(CN2CCOCC2)cn1. The highest BCUT2D eigenvalue weighted by molar-refractivity contribution is 6.05. The average Bonchev–Trinajstić information content (AvgIpc) is 3.36. The number of pyridine rings is 1. The number of carbonyl (C=O) groups is 1. The molecule has 2 aliphatic heterocycles. The van der Waals surface area contributed by atoms with E-state index in [9.17, 15) is 4.79 Å². The van der Waals surface area contributed by atoms with Gasteiger partial charge in [0.1, 0.15) is 11.7 Å². The third kappa shape index (κ3) is 3.92. The van der Waals surface area contributed by atoms with Crippen molar-refractivity contribution in [1.82, 2.24) is 9.88 Å². The third-order valence-electron chi connectivity index (χ3n) is 5.34. The molecule has 1 aromatic carbocycles. The zero-order valence-electron chi connectivity index (χ0n) is 15.8. The molecule has 0 aliphatic carbocycles. The molecular formula is C22H22ClN3O3. The summed E-state index contributed by atoms with van der Waals surface area (Å²) in [4.78, 5) is 19.6. The second-order valence-corrected chi connectivity index (χ2v) is 7.18. The molecule has 1 atom stereocenters. The van der Waals surface area contributed by atoms with Gasteiger partial charge in [0.25, 0.3) is 0 Å². The lowest BCUT2D eigenvalue weighted by atomic mass is 9.94. The quantitative estimate of drug-likeness (QED) is 0.709. The van der Waals surface area contributed by atoms with E-state index in [4.69, 9.17) is 9.15 Å². The first kappa shape index (κ1) is 19.6. The van der Waals surface area contributed by atoms with Crippen LogP contribution in [0.1, 0.15) is 22.7 Å². The van der Waals surface area contributed by atoms with Gasteiger partial charge in [-0.25, -0.2) is 0 Å². The fourth-order valence-corrected chi connectivity index (χ4v) is 3.87. The molecule has 4 heterocycles. The minimum Gasteiger partial charge on any atom is -0.464 e. The predicted octanol–water partition coefficient (Wildman–Crippen LogP) is 3.68. The van der Waals surface area contributed by atoms with E-state index in [1.54, 1.807) is 6.26 Å². The lowest BCUT2D eigenvalue weighted by molar-refractivity contribution is -0.116. The van der Waals surface area contributed by atoms with E-state index in [2.05, 4.69) is 21.3 Å². The Labute approximate surface area is 175 Å². The van der Waals surface area contributed by atoms with E-state index in [0.29, 0.717) is 0 Å². The van der Waals surface area contributed by atoms with Crippen molar-refractivity contribution in [2.75, 3.05) is 31.6 Å². The van der Waals surface area contributed by atoms with Crippen molar-refractivity contribution >= 4 is 24.0 Å². The van der Waals surface area contributed by atoms with Crippen LogP contribution in [-0.2, 0) is 16.1 Å². The summed E-state index contributed by atoms with van der Waals surface area (Å²) in [6, 6.07) is 13.7. The van der Waals surface area contributed by atoms with Gasteiger partial charge in [-0.05, 0) is 47.5 Å². The number of nitrogens with zero attached hydrogens (tertiary/aromatic N) is 2. The van der Waals surface area contributed by atoms with E-state index < -0.39 is 5.92 Å². The molecule has 0 bridgehead atoms. The van der Waals surface area contributed by atoms with E-state index >= 15 is 0 Å². The van der Waals surface area contributed by atoms with Crippen molar-refractivity contribution in [3.05, 3.63) is 71.7 Å². The third-order valence-corrected chi connectivity index (χ3v) is 5.34. The van der Waals surface area contributed by atoms with Gasteiger partial charge in [0, 0.05) is 37.1 Å². The van der Waals surface area contributed by atoms with Crippen molar-refractivity contribution in [3.63, 3.8) is 0 Å². The van der Waals surface area contributed by atoms with Crippen LogP contribution in [-0.4, -0.2) is 42.1 Å². The van der Waals surface area contributed by atoms with Crippen LogP contribution in [0.3, 0.4) is 0 Å². The number of halogens is 1. The Morgan fingerprint density at radius 2 is 2.00 bits per heavy atom. The highest BCUT2D eigenvalue weighted by atomic mass is 35.5. The standard InChI is InChI=1S/C22H21N3O3.ClH/c26-22-21(17-12-16(4-6-18(17)24-22)20-2-1-9-28-20)19-5-3-15(13-23-19)14-25-7-10-27-11-8-25;/h1-6,9,12-13,21H,7-8,10-11,14H2,(H,24,26);1H. The molecule has 2 aromatic heterocycles. The van der Waals surface area contributed by atoms with Crippen LogP contribution in [0.4, 0.5) is 5.69 Å². The molecule has 1 unspecified atom stereocenters. The van der Waals surface area contributed by atoms with Crippen LogP contribution in [0.2, 0.25) is 0 Å². The molecule has 29 heavy (non-hydrogen) atoms.